The maximum Gasteiger partial charge on any atom is 0.322 e. The number of nitrogens with one attached hydrogen (secondary N) is 1. The molecular formula is C8H14N4O2. The van der Waals surface area contributed by atoms with Crippen LogP contribution < -0.4 is 5.32 Å². The predicted molar refractivity (Wildman–Crippen MR) is 49.3 cm³/mol. The van der Waals surface area contributed by atoms with Crippen molar-refractivity contribution in [2.45, 2.75) is 19.5 Å². The molecule has 1 aromatic heterocycles. The van der Waals surface area contributed by atoms with E-state index < -0.39 is 0 Å². The molecule has 1 rings (SSSR count). The topological polar surface area (TPSA) is 69.0 Å². The van der Waals surface area contributed by atoms with Crippen LogP contribution in [0.25, 0.3) is 0 Å². The molecule has 6 heteroatoms. The van der Waals surface area contributed by atoms with Crippen LogP contribution in [0.4, 0.5) is 0 Å². The highest BCUT2D eigenvalue weighted by Crippen LogP contribution is 1.92. The van der Waals surface area contributed by atoms with Crippen LogP contribution in [0.3, 0.4) is 0 Å². The van der Waals surface area contributed by atoms with E-state index in [1.54, 1.807) is 18.7 Å². The molecule has 0 aromatic carbocycles. The summed E-state index contributed by atoms with van der Waals surface area (Å²) in [6.07, 6.45) is 1.47. The van der Waals surface area contributed by atoms with Crippen molar-refractivity contribution >= 4 is 5.97 Å². The van der Waals surface area contributed by atoms with Crippen molar-refractivity contribution in [1.29, 1.82) is 0 Å². The molecule has 0 saturated carbocycles. The Morgan fingerprint density at radius 3 is 3.00 bits per heavy atom. The van der Waals surface area contributed by atoms with E-state index in [4.69, 9.17) is 0 Å². The number of hydrogen-bond acceptors (Lipinski definition) is 5. The second-order valence-corrected chi connectivity index (χ2v) is 2.93. The highest BCUT2D eigenvalue weighted by molar-refractivity contribution is 5.74. The smallest absolute Gasteiger partial charge is 0.322 e. The summed E-state index contributed by atoms with van der Waals surface area (Å²) >= 11 is 0. The van der Waals surface area contributed by atoms with E-state index in [-0.39, 0.29) is 12.0 Å². The van der Waals surface area contributed by atoms with Gasteiger partial charge in [-0.1, -0.05) is 0 Å². The average Bonchev–Trinajstić information content (AvgIpc) is 2.59. The van der Waals surface area contributed by atoms with Crippen molar-refractivity contribution in [3.63, 3.8) is 0 Å². The Labute approximate surface area is 82.3 Å². The van der Waals surface area contributed by atoms with Crippen molar-refractivity contribution in [3.05, 3.63) is 12.2 Å². The fourth-order valence-corrected chi connectivity index (χ4v) is 0.985. The first-order chi connectivity index (χ1) is 6.65. The third kappa shape index (κ3) is 2.53. The van der Waals surface area contributed by atoms with Gasteiger partial charge < -0.3 is 4.74 Å². The number of carbonyl (C=O) groups is 1. The molecule has 78 valence electrons. The molecule has 0 radical (unpaired) electrons. The largest absolute Gasteiger partial charge is 0.468 e. The minimum Gasteiger partial charge on any atom is -0.468 e. The molecule has 0 amide bonds. The average molecular weight is 198 g/mol. The number of nitrogens with zero attached hydrogens (tertiary/aromatic N) is 3. The molecule has 1 unspecified atom stereocenters. The van der Waals surface area contributed by atoms with Crippen molar-refractivity contribution < 1.29 is 9.53 Å². The van der Waals surface area contributed by atoms with Crippen molar-refractivity contribution in [2.24, 2.45) is 7.05 Å². The van der Waals surface area contributed by atoms with E-state index in [9.17, 15) is 4.79 Å². The number of rotatable bonds is 4. The highest BCUT2D eigenvalue weighted by atomic mass is 16.5. The summed E-state index contributed by atoms with van der Waals surface area (Å²) in [6.45, 7) is 2.23. The second-order valence-electron chi connectivity index (χ2n) is 2.93. The third-order valence-corrected chi connectivity index (χ3v) is 1.93. The maximum absolute atomic E-state index is 11.0. The van der Waals surface area contributed by atoms with Crippen LogP contribution in [0.2, 0.25) is 0 Å². The molecule has 1 atom stereocenters. The van der Waals surface area contributed by atoms with E-state index in [2.05, 4.69) is 20.1 Å². The van der Waals surface area contributed by atoms with E-state index in [1.807, 2.05) is 0 Å². The Morgan fingerprint density at radius 1 is 1.79 bits per heavy atom. The van der Waals surface area contributed by atoms with E-state index >= 15 is 0 Å². The van der Waals surface area contributed by atoms with Crippen LogP contribution in [0, 0.1) is 0 Å². The summed E-state index contributed by atoms with van der Waals surface area (Å²) < 4.78 is 6.22. The van der Waals surface area contributed by atoms with Crippen LogP contribution in [-0.2, 0) is 23.1 Å². The summed E-state index contributed by atoms with van der Waals surface area (Å²) in [5.41, 5.74) is 0. The highest BCUT2D eigenvalue weighted by Gasteiger charge is 2.12. The maximum atomic E-state index is 11.0. The van der Waals surface area contributed by atoms with Gasteiger partial charge in [0.25, 0.3) is 0 Å². The Bertz CT molecular complexity index is 310. The summed E-state index contributed by atoms with van der Waals surface area (Å²) in [7, 11) is 3.16. The summed E-state index contributed by atoms with van der Waals surface area (Å²) in [5.74, 6) is 0.493. The lowest BCUT2D eigenvalue weighted by atomic mass is 10.3. The number of aromatic nitrogens is 3. The first-order valence-corrected chi connectivity index (χ1v) is 4.29. The Kier molecular flexibility index (Phi) is 3.58. The van der Waals surface area contributed by atoms with E-state index in [1.165, 1.54) is 13.4 Å². The Balaban J connectivity index is 2.41. The molecule has 0 saturated heterocycles. The molecule has 6 nitrogen and oxygen atoms in total. The van der Waals surface area contributed by atoms with Crippen LogP contribution in [0.1, 0.15) is 12.7 Å². The van der Waals surface area contributed by atoms with Gasteiger partial charge in [0.1, 0.15) is 18.2 Å². The quantitative estimate of drug-likeness (QED) is 0.658. The van der Waals surface area contributed by atoms with Crippen molar-refractivity contribution in [1.82, 2.24) is 20.1 Å². The first-order valence-electron chi connectivity index (χ1n) is 4.29. The molecule has 1 N–H and O–H groups in total. The zero-order valence-electron chi connectivity index (χ0n) is 8.52. The predicted octanol–water partition coefficient (Wildman–Crippen LogP) is -0.534. The van der Waals surface area contributed by atoms with Crippen molar-refractivity contribution in [2.75, 3.05) is 7.11 Å². The van der Waals surface area contributed by atoms with Crippen LogP contribution in [-0.4, -0.2) is 33.9 Å². The third-order valence-electron chi connectivity index (χ3n) is 1.93. The van der Waals surface area contributed by atoms with Gasteiger partial charge in [0.05, 0.1) is 13.7 Å². The normalized spacial score (nSPS) is 12.5. The number of carbonyl (C=O) groups excluding carboxylic acids is 1. The molecule has 1 aromatic rings. The van der Waals surface area contributed by atoms with Gasteiger partial charge in [-0.25, -0.2) is 4.98 Å². The van der Waals surface area contributed by atoms with Crippen LogP contribution in [0.5, 0.6) is 0 Å². The summed E-state index contributed by atoms with van der Waals surface area (Å²) in [5, 5.41) is 6.89. The molecule has 0 aliphatic rings. The van der Waals surface area contributed by atoms with Crippen LogP contribution >= 0.6 is 0 Å². The monoisotopic (exact) mass is 198 g/mol. The zero-order valence-corrected chi connectivity index (χ0v) is 8.52. The number of hydrogen-bond donors (Lipinski definition) is 1. The van der Waals surface area contributed by atoms with Gasteiger partial charge >= 0.3 is 5.97 Å². The fraction of sp³-hybridized carbons (Fsp3) is 0.625. The SMILES string of the molecule is COC(=O)C(C)NCc1ncnn1C. The van der Waals surface area contributed by atoms with Crippen molar-refractivity contribution in [3.8, 4) is 0 Å². The molecule has 0 aliphatic heterocycles. The Hall–Kier alpha value is -1.43. The minimum atomic E-state index is -0.336. The van der Waals surface area contributed by atoms with Gasteiger partial charge in [0, 0.05) is 7.05 Å². The number of methoxy groups -OCH3 is 1. The molecular weight excluding hydrogens is 184 g/mol. The van der Waals surface area contributed by atoms with Gasteiger partial charge in [-0.2, -0.15) is 5.10 Å². The number of aryl methyl sites for hydroxylation is 1. The molecule has 0 aliphatic carbocycles. The van der Waals surface area contributed by atoms with Gasteiger partial charge in [-0.3, -0.25) is 14.8 Å². The van der Waals surface area contributed by atoms with Crippen LogP contribution in [0.15, 0.2) is 6.33 Å². The molecule has 14 heavy (non-hydrogen) atoms. The molecule has 0 spiro atoms. The fourth-order valence-electron chi connectivity index (χ4n) is 0.985. The summed E-state index contributed by atoms with van der Waals surface area (Å²) in [6, 6.07) is -0.336. The molecule has 1 heterocycles. The molecule has 0 bridgehead atoms. The lowest BCUT2D eigenvalue weighted by Gasteiger charge is -2.10. The van der Waals surface area contributed by atoms with Gasteiger partial charge in [0.2, 0.25) is 0 Å². The van der Waals surface area contributed by atoms with Gasteiger partial charge in [0.15, 0.2) is 0 Å². The van der Waals surface area contributed by atoms with E-state index in [0.29, 0.717) is 6.54 Å². The standard InChI is InChI=1S/C8H14N4O2/c1-6(8(13)14-3)9-4-7-10-5-11-12(7)2/h5-6,9H,4H2,1-3H3. The zero-order chi connectivity index (χ0) is 10.6. The second kappa shape index (κ2) is 4.71. The number of esters is 1. The number of ether oxygens (including phenoxy) is 1. The first kappa shape index (κ1) is 10.6. The van der Waals surface area contributed by atoms with Gasteiger partial charge in [-0.05, 0) is 6.92 Å². The van der Waals surface area contributed by atoms with Gasteiger partial charge in [-0.15, -0.1) is 0 Å². The Morgan fingerprint density at radius 2 is 2.50 bits per heavy atom. The minimum absolute atomic E-state index is 0.285. The lowest BCUT2D eigenvalue weighted by molar-refractivity contribution is -0.142. The summed E-state index contributed by atoms with van der Waals surface area (Å²) in [4.78, 5) is 15.0. The molecule has 0 fully saturated rings. The van der Waals surface area contributed by atoms with E-state index in [0.717, 1.165) is 5.82 Å². The lowest BCUT2D eigenvalue weighted by Crippen LogP contribution is -2.35.